The van der Waals surface area contributed by atoms with Crippen molar-refractivity contribution >= 4 is 17.7 Å². The van der Waals surface area contributed by atoms with Crippen molar-refractivity contribution < 1.29 is 22.4 Å². The number of halogens is 4. The van der Waals surface area contributed by atoms with Crippen molar-refractivity contribution in [2.45, 2.75) is 10.4 Å². The smallest absolute Gasteiger partial charge is 0.366 e. The summed E-state index contributed by atoms with van der Waals surface area (Å²) in [6.45, 7) is 0. The van der Waals surface area contributed by atoms with E-state index in [0.717, 1.165) is 12.1 Å². The Balaban J connectivity index is 3.13. The number of carbonyl (C=O) groups excluding carboxylic acids is 1. The number of thioether (sulfide) groups is 1. The van der Waals surface area contributed by atoms with Crippen LogP contribution in [0.4, 0.5) is 17.6 Å². The van der Waals surface area contributed by atoms with E-state index in [1.54, 1.807) is 0 Å². The second kappa shape index (κ2) is 4.09. The van der Waals surface area contributed by atoms with Gasteiger partial charge in [-0.1, -0.05) is 0 Å². The van der Waals surface area contributed by atoms with E-state index in [9.17, 15) is 22.4 Å². The standard InChI is InChI=1S/C8H5F4NOS/c9-4-1-2-5(7(13)14)6(3-4)15-8(10,11)12/h1-3H,(H2,13,14). The van der Waals surface area contributed by atoms with E-state index < -0.39 is 33.9 Å². The second-order valence-electron chi connectivity index (χ2n) is 2.55. The normalized spacial score (nSPS) is 11.5. The van der Waals surface area contributed by atoms with Gasteiger partial charge in [0.1, 0.15) is 5.82 Å². The summed E-state index contributed by atoms with van der Waals surface area (Å²) in [5, 5.41) is 0. The maximum atomic E-state index is 12.7. The lowest BCUT2D eigenvalue weighted by Gasteiger charge is -2.08. The van der Waals surface area contributed by atoms with Crippen molar-refractivity contribution in [1.82, 2.24) is 0 Å². The maximum absolute atomic E-state index is 12.7. The summed E-state index contributed by atoms with van der Waals surface area (Å²) in [5.74, 6) is -1.88. The first kappa shape index (κ1) is 11.8. The zero-order valence-electron chi connectivity index (χ0n) is 7.14. The molecule has 0 radical (unpaired) electrons. The van der Waals surface area contributed by atoms with Crippen molar-refractivity contribution in [3.63, 3.8) is 0 Å². The summed E-state index contributed by atoms with van der Waals surface area (Å²) in [6.07, 6.45) is 0. The van der Waals surface area contributed by atoms with Gasteiger partial charge in [-0.15, -0.1) is 0 Å². The summed E-state index contributed by atoms with van der Waals surface area (Å²) in [7, 11) is 0. The van der Waals surface area contributed by atoms with Crippen LogP contribution in [0.3, 0.4) is 0 Å². The molecule has 0 atom stereocenters. The summed E-state index contributed by atoms with van der Waals surface area (Å²) in [6, 6.07) is 2.42. The molecule has 82 valence electrons. The monoisotopic (exact) mass is 239 g/mol. The molecule has 1 aromatic rings. The van der Waals surface area contributed by atoms with Gasteiger partial charge in [0.2, 0.25) is 5.91 Å². The minimum Gasteiger partial charge on any atom is -0.366 e. The molecule has 15 heavy (non-hydrogen) atoms. The molecule has 0 aliphatic rings. The van der Waals surface area contributed by atoms with Gasteiger partial charge in [0, 0.05) is 4.90 Å². The van der Waals surface area contributed by atoms with Gasteiger partial charge in [0.25, 0.3) is 0 Å². The van der Waals surface area contributed by atoms with E-state index in [4.69, 9.17) is 5.73 Å². The number of nitrogens with two attached hydrogens (primary N) is 1. The van der Waals surface area contributed by atoms with Crippen LogP contribution in [0.5, 0.6) is 0 Å². The number of carbonyl (C=O) groups is 1. The molecule has 0 spiro atoms. The molecule has 2 N–H and O–H groups in total. The third kappa shape index (κ3) is 3.43. The van der Waals surface area contributed by atoms with Gasteiger partial charge in [-0.3, -0.25) is 4.79 Å². The molecule has 2 nitrogen and oxygen atoms in total. The quantitative estimate of drug-likeness (QED) is 0.636. The molecule has 0 heterocycles. The Morgan fingerprint density at radius 3 is 2.40 bits per heavy atom. The van der Waals surface area contributed by atoms with Crippen molar-refractivity contribution in [2.75, 3.05) is 0 Å². The van der Waals surface area contributed by atoms with Crippen LogP contribution in [0, 0.1) is 5.82 Å². The Bertz CT molecular complexity index is 391. The molecular formula is C8H5F4NOS. The third-order valence-electron chi connectivity index (χ3n) is 1.43. The van der Waals surface area contributed by atoms with Crippen LogP contribution in [0.15, 0.2) is 23.1 Å². The lowest BCUT2D eigenvalue weighted by molar-refractivity contribution is -0.0328. The van der Waals surface area contributed by atoms with E-state index in [1.165, 1.54) is 0 Å². The van der Waals surface area contributed by atoms with Gasteiger partial charge < -0.3 is 5.73 Å². The van der Waals surface area contributed by atoms with Crippen molar-refractivity contribution in [3.8, 4) is 0 Å². The number of hydrogen-bond acceptors (Lipinski definition) is 2. The molecule has 0 saturated carbocycles. The van der Waals surface area contributed by atoms with Crippen LogP contribution in [-0.4, -0.2) is 11.4 Å². The van der Waals surface area contributed by atoms with Crippen LogP contribution < -0.4 is 5.73 Å². The highest BCUT2D eigenvalue weighted by atomic mass is 32.2. The zero-order valence-corrected chi connectivity index (χ0v) is 7.95. The SMILES string of the molecule is NC(=O)c1ccc(F)cc1SC(F)(F)F. The highest BCUT2D eigenvalue weighted by molar-refractivity contribution is 8.00. The third-order valence-corrected chi connectivity index (χ3v) is 2.22. The van der Waals surface area contributed by atoms with E-state index in [0.29, 0.717) is 6.07 Å². The first-order valence-corrected chi connectivity index (χ1v) is 4.46. The largest absolute Gasteiger partial charge is 0.446 e. The number of hydrogen-bond donors (Lipinski definition) is 1. The molecule has 0 saturated heterocycles. The fraction of sp³-hybridized carbons (Fsp3) is 0.125. The molecule has 1 amide bonds. The van der Waals surface area contributed by atoms with Gasteiger partial charge in [-0.25, -0.2) is 4.39 Å². The number of alkyl halides is 3. The molecule has 0 aliphatic heterocycles. The number of primary amides is 1. The van der Waals surface area contributed by atoms with E-state index >= 15 is 0 Å². The molecule has 0 bridgehead atoms. The predicted molar refractivity (Wildman–Crippen MR) is 46.8 cm³/mol. The Labute approximate surface area is 86.4 Å². The van der Waals surface area contributed by atoms with Gasteiger partial charge >= 0.3 is 5.51 Å². The van der Waals surface area contributed by atoms with Gasteiger partial charge in [0.15, 0.2) is 0 Å². The van der Waals surface area contributed by atoms with Gasteiger partial charge in [-0.2, -0.15) is 13.2 Å². The fourth-order valence-corrected chi connectivity index (χ4v) is 1.61. The van der Waals surface area contributed by atoms with Crippen LogP contribution >= 0.6 is 11.8 Å². The highest BCUT2D eigenvalue weighted by Gasteiger charge is 2.31. The fourth-order valence-electron chi connectivity index (χ4n) is 0.909. The summed E-state index contributed by atoms with van der Waals surface area (Å²) < 4.78 is 48.7. The van der Waals surface area contributed by atoms with Crippen LogP contribution in [0.25, 0.3) is 0 Å². The maximum Gasteiger partial charge on any atom is 0.446 e. The molecule has 1 aromatic carbocycles. The molecule has 7 heteroatoms. The number of amides is 1. The number of benzene rings is 1. The molecule has 0 unspecified atom stereocenters. The lowest BCUT2D eigenvalue weighted by Crippen LogP contribution is -2.13. The van der Waals surface area contributed by atoms with E-state index in [2.05, 4.69) is 0 Å². The first-order valence-electron chi connectivity index (χ1n) is 3.65. The average Bonchev–Trinajstić information content (AvgIpc) is 1.99. The molecule has 1 rings (SSSR count). The summed E-state index contributed by atoms with van der Waals surface area (Å²) >= 11 is -0.571. The molecule has 0 fully saturated rings. The lowest BCUT2D eigenvalue weighted by atomic mass is 10.2. The Morgan fingerprint density at radius 2 is 1.93 bits per heavy atom. The first-order chi connectivity index (χ1) is 6.79. The Hall–Kier alpha value is -1.24. The van der Waals surface area contributed by atoms with Gasteiger partial charge in [0.05, 0.1) is 5.56 Å². The van der Waals surface area contributed by atoms with Crippen LogP contribution in [0.1, 0.15) is 10.4 Å². The Morgan fingerprint density at radius 1 is 1.33 bits per heavy atom. The predicted octanol–water partition coefficient (Wildman–Crippen LogP) is 2.54. The topological polar surface area (TPSA) is 43.1 Å². The molecule has 0 aromatic heterocycles. The highest BCUT2D eigenvalue weighted by Crippen LogP contribution is 2.38. The summed E-state index contributed by atoms with van der Waals surface area (Å²) in [5.41, 5.74) is -0.0923. The van der Waals surface area contributed by atoms with Crippen molar-refractivity contribution in [1.29, 1.82) is 0 Å². The van der Waals surface area contributed by atoms with E-state index in [-0.39, 0.29) is 5.56 Å². The molecule has 0 aliphatic carbocycles. The number of rotatable bonds is 2. The summed E-state index contributed by atoms with van der Waals surface area (Å²) in [4.78, 5) is 10.2. The zero-order chi connectivity index (χ0) is 11.6. The van der Waals surface area contributed by atoms with Crippen molar-refractivity contribution in [3.05, 3.63) is 29.6 Å². The van der Waals surface area contributed by atoms with Crippen LogP contribution in [0.2, 0.25) is 0 Å². The molecular weight excluding hydrogens is 234 g/mol. The van der Waals surface area contributed by atoms with Gasteiger partial charge in [-0.05, 0) is 30.0 Å². The minimum absolute atomic E-state index is 0.348. The van der Waals surface area contributed by atoms with Crippen LogP contribution in [-0.2, 0) is 0 Å². The van der Waals surface area contributed by atoms with E-state index in [1.807, 2.05) is 0 Å². The Kier molecular flexibility index (Phi) is 3.23. The average molecular weight is 239 g/mol. The minimum atomic E-state index is -4.59. The second-order valence-corrected chi connectivity index (χ2v) is 3.66. The van der Waals surface area contributed by atoms with Crippen molar-refractivity contribution in [2.24, 2.45) is 5.73 Å².